The second-order valence-electron chi connectivity index (χ2n) is 6.56. The first-order valence-electron chi connectivity index (χ1n) is 6.43. The molecule has 0 spiro atoms. The third kappa shape index (κ3) is 1.62. The fourth-order valence-electron chi connectivity index (χ4n) is 4.41. The predicted molar refractivity (Wildman–Crippen MR) is 64.2 cm³/mol. The molecule has 2 aliphatic carbocycles. The average molecular weight is 224 g/mol. The Bertz CT molecular complexity index is 295. The Balaban J connectivity index is 2.19. The molecule has 0 aromatic rings. The summed E-state index contributed by atoms with van der Waals surface area (Å²) >= 11 is 0. The molecule has 3 atom stereocenters. The van der Waals surface area contributed by atoms with E-state index in [4.69, 9.17) is 4.74 Å². The Morgan fingerprint density at radius 3 is 2.62 bits per heavy atom. The SMILES string of the molecule is COCC[C@@H]1C[C@]2(C)CCC(=O)[C@@H]2C1(C)C. The van der Waals surface area contributed by atoms with Crippen molar-refractivity contribution in [2.45, 2.75) is 46.5 Å². The van der Waals surface area contributed by atoms with Crippen molar-refractivity contribution < 1.29 is 9.53 Å². The van der Waals surface area contributed by atoms with Gasteiger partial charge in [-0.05, 0) is 36.0 Å². The van der Waals surface area contributed by atoms with Crippen molar-refractivity contribution in [3.05, 3.63) is 0 Å². The van der Waals surface area contributed by atoms with Crippen molar-refractivity contribution >= 4 is 5.78 Å². The predicted octanol–water partition coefficient (Wildman–Crippen LogP) is 3.05. The van der Waals surface area contributed by atoms with Crippen LogP contribution in [0.25, 0.3) is 0 Å². The summed E-state index contributed by atoms with van der Waals surface area (Å²) in [4.78, 5) is 12.1. The fraction of sp³-hybridized carbons (Fsp3) is 0.929. The fourth-order valence-corrected chi connectivity index (χ4v) is 4.41. The summed E-state index contributed by atoms with van der Waals surface area (Å²) in [6.45, 7) is 7.71. The number of rotatable bonds is 3. The maximum Gasteiger partial charge on any atom is 0.137 e. The second-order valence-corrected chi connectivity index (χ2v) is 6.56. The van der Waals surface area contributed by atoms with E-state index in [2.05, 4.69) is 20.8 Å². The zero-order valence-electron chi connectivity index (χ0n) is 11.0. The van der Waals surface area contributed by atoms with Gasteiger partial charge < -0.3 is 4.74 Å². The van der Waals surface area contributed by atoms with Crippen molar-refractivity contribution in [3.63, 3.8) is 0 Å². The summed E-state index contributed by atoms with van der Waals surface area (Å²) in [6, 6.07) is 0. The smallest absolute Gasteiger partial charge is 0.137 e. The molecule has 2 rings (SSSR count). The summed E-state index contributed by atoms with van der Waals surface area (Å²) in [5.74, 6) is 1.45. The minimum absolute atomic E-state index is 0.168. The molecule has 0 aromatic carbocycles. The van der Waals surface area contributed by atoms with Gasteiger partial charge in [-0.1, -0.05) is 20.8 Å². The van der Waals surface area contributed by atoms with E-state index in [9.17, 15) is 4.79 Å². The zero-order valence-corrected chi connectivity index (χ0v) is 11.0. The van der Waals surface area contributed by atoms with Gasteiger partial charge in [-0.25, -0.2) is 0 Å². The van der Waals surface area contributed by atoms with Gasteiger partial charge in [0.05, 0.1) is 0 Å². The van der Waals surface area contributed by atoms with E-state index in [-0.39, 0.29) is 10.8 Å². The van der Waals surface area contributed by atoms with Gasteiger partial charge in [0.1, 0.15) is 5.78 Å². The maximum atomic E-state index is 12.1. The Labute approximate surface area is 98.7 Å². The first kappa shape index (κ1) is 12.1. The molecule has 2 aliphatic rings. The van der Waals surface area contributed by atoms with Crippen LogP contribution >= 0.6 is 0 Å². The second kappa shape index (κ2) is 3.83. The van der Waals surface area contributed by atoms with Crippen molar-refractivity contribution in [2.24, 2.45) is 22.7 Å². The highest BCUT2D eigenvalue weighted by atomic mass is 16.5. The highest BCUT2D eigenvalue weighted by molar-refractivity contribution is 5.85. The topological polar surface area (TPSA) is 26.3 Å². The Morgan fingerprint density at radius 1 is 1.38 bits per heavy atom. The van der Waals surface area contributed by atoms with Crippen LogP contribution in [0.3, 0.4) is 0 Å². The molecule has 0 N–H and O–H groups in total. The number of fused-ring (bicyclic) bond motifs is 1. The number of carbonyl (C=O) groups excluding carboxylic acids is 1. The van der Waals surface area contributed by atoms with Gasteiger partial charge in [0.2, 0.25) is 0 Å². The van der Waals surface area contributed by atoms with Gasteiger partial charge in [-0.15, -0.1) is 0 Å². The number of ether oxygens (including phenoxy) is 1. The monoisotopic (exact) mass is 224 g/mol. The van der Waals surface area contributed by atoms with Crippen LogP contribution in [-0.2, 0) is 9.53 Å². The first-order valence-corrected chi connectivity index (χ1v) is 6.43. The van der Waals surface area contributed by atoms with Gasteiger partial charge in [0, 0.05) is 26.1 Å². The lowest BCUT2D eigenvalue weighted by Crippen LogP contribution is -2.32. The van der Waals surface area contributed by atoms with Crippen LogP contribution < -0.4 is 0 Å². The van der Waals surface area contributed by atoms with Crippen molar-refractivity contribution in [2.75, 3.05) is 13.7 Å². The summed E-state index contributed by atoms with van der Waals surface area (Å²) in [5, 5.41) is 0. The van der Waals surface area contributed by atoms with E-state index >= 15 is 0 Å². The molecule has 0 bridgehead atoms. The molecular formula is C14H24O2. The van der Waals surface area contributed by atoms with Crippen LogP contribution in [0.2, 0.25) is 0 Å². The molecule has 2 heteroatoms. The van der Waals surface area contributed by atoms with E-state index < -0.39 is 0 Å². The molecule has 0 unspecified atom stereocenters. The quantitative estimate of drug-likeness (QED) is 0.736. The molecule has 2 saturated carbocycles. The summed E-state index contributed by atoms with van der Waals surface area (Å²) in [5.41, 5.74) is 0.444. The molecule has 0 saturated heterocycles. The molecule has 0 aromatic heterocycles. The molecular weight excluding hydrogens is 200 g/mol. The lowest BCUT2D eigenvalue weighted by molar-refractivity contribution is -0.125. The summed E-state index contributed by atoms with van der Waals surface area (Å²) < 4.78 is 5.19. The number of ketones is 1. The van der Waals surface area contributed by atoms with Crippen LogP contribution in [0, 0.1) is 22.7 Å². The molecule has 0 amide bonds. The molecule has 0 heterocycles. The Kier molecular flexibility index (Phi) is 2.90. The number of methoxy groups -OCH3 is 1. The molecule has 2 fully saturated rings. The third-order valence-corrected chi connectivity index (χ3v) is 5.14. The van der Waals surface area contributed by atoms with Gasteiger partial charge >= 0.3 is 0 Å². The number of hydrogen-bond donors (Lipinski definition) is 0. The van der Waals surface area contributed by atoms with Gasteiger partial charge in [0.15, 0.2) is 0 Å². The largest absolute Gasteiger partial charge is 0.385 e. The van der Waals surface area contributed by atoms with Crippen LogP contribution in [0.15, 0.2) is 0 Å². The molecule has 16 heavy (non-hydrogen) atoms. The first-order chi connectivity index (χ1) is 7.42. The van der Waals surface area contributed by atoms with Crippen LogP contribution in [-0.4, -0.2) is 19.5 Å². The molecule has 0 aliphatic heterocycles. The van der Waals surface area contributed by atoms with Crippen LogP contribution in [0.5, 0.6) is 0 Å². The van der Waals surface area contributed by atoms with Crippen molar-refractivity contribution in [3.8, 4) is 0 Å². The number of carbonyl (C=O) groups is 1. The number of hydrogen-bond acceptors (Lipinski definition) is 2. The highest BCUT2D eigenvalue weighted by Gasteiger charge is 2.60. The van der Waals surface area contributed by atoms with Gasteiger partial charge in [-0.2, -0.15) is 0 Å². The molecule has 92 valence electrons. The van der Waals surface area contributed by atoms with Crippen LogP contribution in [0.4, 0.5) is 0 Å². The van der Waals surface area contributed by atoms with Crippen molar-refractivity contribution in [1.82, 2.24) is 0 Å². The Hall–Kier alpha value is -0.370. The lowest BCUT2D eigenvalue weighted by Gasteiger charge is -2.33. The van der Waals surface area contributed by atoms with E-state index in [1.54, 1.807) is 7.11 Å². The normalized spacial score (nSPS) is 41.4. The van der Waals surface area contributed by atoms with Gasteiger partial charge in [-0.3, -0.25) is 4.79 Å². The maximum absolute atomic E-state index is 12.1. The van der Waals surface area contributed by atoms with Crippen molar-refractivity contribution in [1.29, 1.82) is 0 Å². The van der Waals surface area contributed by atoms with E-state index in [1.807, 2.05) is 0 Å². The van der Waals surface area contributed by atoms with E-state index in [0.29, 0.717) is 17.6 Å². The number of Topliss-reactive ketones (excluding diaryl/α,β-unsaturated/α-hetero) is 1. The third-order valence-electron chi connectivity index (χ3n) is 5.14. The summed E-state index contributed by atoms with van der Waals surface area (Å²) in [7, 11) is 1.76. The lowest BCUT2D eigenvalue weighted by atomic mass is 9.71. The van der Waals surface area contributed by atoms with E-state index in [1.165, 1.54) is 6.42 Å². The Morgan fingerprint density at radius 2 is 2.06 bits per heavy atom. The summed E-state index contributed by atoms with van der Waals surface area (Å²) in [6.07, 6.45) is 4.22. The zero-order chi connectivity index (χ0) is 12.0. The molecule has 2 nitrogen and oxygen atoms in total. The van der Waals surface area contributed by atoms with Crippen LogP contribution in [0.1, 0.15) is 46.5 Å². The average Bonchev–Trinajstić information content (AvgIpc) is 2.59. The van der Waals surface area contributed by atoms with E-state index in [0.717, 1.165) is 25.9 Å². The highest BCUT2D eigenvalue weighted by Crippen LogP contribution is 2.63. The van der Waals surface area contributed by atoms with Gasteiger partial charge in [0.25, 0.3) is 0 Å². The standard InChI is InChI=1S/C14H24O2/c1-13(2)10(6-8-16-4)9-14(3)7-5-11(15)12(13)14/h10,12H,5-9H2,1-4H3/t10-,12-,14+/m1/s1. The minimum atomic E-state index is 0.168. The molecule has 0 radical (unpaired) electrons. The minimum Gasteiger partial charge on any atom is -0.385 e.